The molecule has 0 saturated carbocycles. The molecule has 0 saturated heterocycles. The highest BCUT2D eigenvalue weighted by Crippen LogP contribution is 2.31. The molecule has 2 amide bonds. The fraction of sp³-hybridized carbons (Fsp3) is 0.360. The number of hydrogen-bond donors (Lipinski definition) is 1. The number of halogens is 1. The van der Waals surface area contributed by atoms with Gasteiger partial charge in [0.25, 0.3) is 11.8 Å². The van der Waals surface area contributed by atoms with Gasteiger partial charge in [0.1, 0.15) is 11.5 Å². The van der Waals surface area contributed by atoms with Gasteiger partial charge >= 0.3 is 0 Å². The second kappa shape index (κ2) is 10.4. The number of nitrogens with one attached hydrogen (secondary N) is 1. The first-order valence-corrected chi connectivity index (χ1v) is 10.7. The standard InChI is InChI=1S/C25H29FN2O3/c1-4-5-14-31-15-6-13-28-24(29)22(19-8-10-20(26)11-9-19)23(25(28)30)27-21-12-7-17(2)18(3)16-21/h7-12,16,27H,4-6,13-15H2,1-3H3. The summed E-state index contributed by atoms with van der Waals surface area (Å²) in [5.41, 5.74) is 3.92. The van der Waals surface area contributed by atoms with Crippen LogP contribution < -0.4 is 5.32 Å². The van der Waals surface area contributed by atoms with Crippen LogP contribution in [0.2, 0.25) is 0 Å². The van der Waals surface area contributed by atoms with Crippen molar-refractivity contribution >= 4 is 23.1 Å². The van der Waals surface area contributed by atoms with Crippen LogP contribution in [0, 0.1) is 19.7 Å². The van der Waals surface area contributed by atoms with Crippen LogP contribution in [0.5, 0.6) is 0 Å². The van der Waals surface area contributed by atoms with Crippen molar-refractivity contribution in [3.8, 4) is 0 Å². The molecule has 0 aromatic heterocycles. The number of benzene rings is 2. The van der Waals surface area contributed by atoms with E-state index in [4.69, 9.17) is 4.74 Å². The van der Waals surface area contributed by atoms with Gasteiger partial charge < -0.3 is 10.1 Å². The number of carbonyl (C=O) groups is 2. The van der Waals surface area contributed by atoms with Crippen molar-refractivity contribution in [3.63, 3.8) is 0 Å². The van der Waals surface area contributed by atoms with E-state index in [9.17, 15) is 14.0 Å². The third-order valence-electron chi connectivity index (χ3n) is 5.39. The Labute approximate surface area is 182 Å². The Balaban J connectivity index is 1.84. The lowest BCUT2D eigenvalue weighted by molar-refractivity contribution is -0.137. The van der Waals surface area contributed by atoms with Gasteiger partial charge in [-0.25, -0.2) is 4.39 Å². The second-order valence-electron chi connectivity index (χ2n) is 7.76. The summed E-state index contributed by atoms with van der Waals surface area (Å²) in [6, 6.07) is 11.4. The molecule has 164 valence electrons. The van der Waals surface area contributed by atoms with Crippen LogP contribution in [0.1, 0.15) is 42.9 Å². The Morgan fingerprint density at radius 3 is 2.32 bits per heavy atom. The molecule has 5 nitrogen and oxygen atoms in total. The molecule has 6 heteroatoms. The average molecular weight is 425 g/mol. The minimum Gasteiger partial charge on any atom is -0.381 e. The highest BCUT2D eigenvalue weighted by molar-refractivity contribution is 6.36. The number of anilines is 1. The lowest BCUT2D eigenvalue weighted by atomic mass is 10.0. The molecule has 0 bridgehead atoms. The number of imide groups is 1. The number of hydrogen-bond acceptors (Lipinski definition) is 4. The van der Waals surface area contributed by atoms with Gasteiger partial charge in [0.05, 0.1) is 5.57 Å². The molecule has 0 unspecified atom stereocenters. The van der Waals surface area contributed by atoms with Crippen molar-refractivity contribution in [3.05, 3.63) is 70.7 Å². The zero-order chi connectivity index (χ0) is 22.4. The van der Waals surface area contributed by atoms with E-state index in [1.807, 2.05) is 32.0 Å². The lowest BCUT2D eigenvalue weighted by Crippen LogP contribution is -2.34. The van der Waals surface area contributed by atoms with Crippen LogP contribution >= 0.6 is 0 Å². The third kappa shape index (κ3) is 5.39. The Morgan fingerprint density at radius 2 is 1.65 bits per heavy atom. The molecule has 1 N–H and O–H groups in total. The normalized spacial score (nSPS) is 14.0. The predicted octanol–water partition coefficient (Wildman–Crippen LogP) is 4.84. The van der Waals surface area contributed by atoms with Crippen LogP contribution in [-0.4, -0.2) is 36.5 Å². The molecule has 0 radical (unpaired) electrons. The third-order valence-corrected chi connectivity index (χ3v) is 5.39. The van der Waals surface area contributed by atoms with Crippen molar-refractivity contribution in [2.45, 2.75) is 40.0 Å². The molecule has 2 aromatic rings. The SMILES string of the molecule is CCCCOCCCN1C(=O)C(Nc2ccc(C)c(C)c2)=C(c2ccc(F)cc2)C1=O. The summed E-state index contributed by atoms with van der Waals surface area (Å²) in [6.07, 6.45) is 2.61. The maximum Gasteiger partial charge on any atom is 0.278 e. The Hall–Kier alpha value is -2.99. The lowest BCUT2D eigenvalue weighted by Gasteiger charge is -2.15. The fourth-order valence-corrected chi connectivity index (χ4v) is 3.42. The maximum absolute atomic E-state index is 13.4. The molecule has 0 aliphatic carbocycles. The molecule has 0 spiro atoms. The molecule has 1 aliphatic heterocycles. The zero-order valence-corrected chi connectivity index (χ0v) is 18.3. The molecule has 2 aromatic carbocycles. The number of amides is 2. The number of aryl methyl sites for hydroxylation is 2. The number of ether oxygens (including phenoxy) is 1. The molecule has 3 rings (SSSR count). The highest BCUT2D eigenvalue weighted by atomic mass is 19.1. The van der Waals surface area contributed by atoms with Crippen LogP contribution in [0.15, 0.2) is 48.2 Å². The van der Waals surface area contributed by atoms with Gasteiger partial charge in [-0.1, -0.05) is 31.5 Å². The Kier molecular flexibility index (Phi) is 7.58. The second-order valence-corrected chi connectivity index (χ2v) is 7.76. The van der Waals surface area contributed by atoms with Crippen LogP contribution in [0.25, 0.3) is 5.57 Å². The van der Waals surface area contributed by atoms with Gasteiger partial charge in [0.15, 0.2) is 0 Å². The topological polar surface area (TPSA) is 58.6 Å². The van der Waals surface area contributed by atoms with Gasteiger partial charge in [-0.15, -0.1) is 0 Å². The molecular weight excluding hydrogens is 395 g/mol. The molecular formula is C25H29FN2O3. The van der Waals surface area contributed by atoms with Gasteiger partial charge in [-0.05, 0) is 67.6 Å². The van der Waals surface area contributed by atoms with Crippen molar-refractivity contribution < 1.29 is 18.7 Å². The molecule has 1 aliphatic rings. The van der Waals surface area contributed by atoms with E-state index in [1.54, 1.807) is 0 Å². The zero-order valence-electron chi connectivity index (χ0n) is 18.3. The van der Waals surface area contributed by atoms with Crippen molar-refractivity contribution in [1.29, 1.82) is 0 Å². The van der Waals surface area contributed by atoms with E-state index in [0.29, 0.717) is 25.2 Å². The molecule has 0 fully saturated rings. The van der Waals surface area contributed by atoms with Crippen molar-refractivity contribution in [1.82, 2.24) is 4.90 Å². The highest BCUT2D eigenvalue weighted by Gasteiger charge is 2.38. The smallest absolute Gasteiger partial charge is 0.278 e. The van der Waals surface area contributed by atoms with E-state index in [1.165, 1.54) is 29.2 Å². The van der Waals surface area contributed by atoms with E-state index in [0.717, 1.165) is 29.7 Å². The Bertz CT molecular complexity index is 983. The predicted molar refractivity (Wildman–Crippen MR) is 120 cm³/mol. The van der Waals surface area contributed by atoms with Crippen molar-refractivity contribution in [2.24, 2.45) is 0 Å². The van der Waals surface area contributed by atoms with E-state index in [2.05, 4.69) is 12.2 Å². The molecule has 1 heterocycles. The summed E-state index contributed by atoms with van der Waals surface area (Å²) in [5.74, 6) is -1.15. The van der Waals surface area contributed by atoms with Gasteiger partial charge in [0, 0.05) is 25.4 Å². The summed E-state index contributed by atoms with van der Waals surface area (Å²) < 4.78 is 19.0. The minimum atomic E-state index is -0.397. The summed E-state index contributed by atoms with van der Waals surface area (Å²) in [6.45, 7) is 7.53. The molecule has 0 atom stereocenters. The first-order valence-electron chi connectivity index (χ1n) is 10.7. The van der Waals surface area contributed by atoms with Crippen LogP contribution in [-0.2, 0) is 14.3 Å². The van der Waals surface area contributed by atoms with Gasteiger partial charge in [-0.2, -0.15) is 0 Å². The summed E-state index contributed by atoms with van der Waals surface area (Å²) in [4.78, 5) is 27.6. The monoisotopic (exact) mass is 424 g/mol. The Morgan fingerprint density at radius 1 is 0.935 bits per heavy atom. The number of unbranched alkanes of at least 4 members (excludes halogenated alkanes) is 1. The van der Waals surface area contributed by atoms with Crippen LogP contribution in [0.4, 0.5) is 10.1 Å². The fourth-order valence-electron chi connectivity index (χ4n) is 3.42. The summed E-state index contributed by atoms with van der Waals surface area (Å²) in [7, 11) is 0. The number of rotatable bonds is 10. The summed E-state index contributed by atoms with van der Waals surface area (Å²) in [5, 5.41) is 3.14. The average Bonchev–Trinajstić information content (AvgIpc) is 2.98. The first-order chi connectivity index (χ1) is 14.9. The minimum absolute atomic E-state index is 0.215. The van der Waals surface area contributed by atoms with E-state index in [-0.39, 0.29) is 29.6 Å². The largest absolute Gasteiger partial charge is 0.381 e. The molecule has 31 heavy (non-hydrogen) atoms. The quantitative estimate of drug-likeness (QED) is 0.438. The van der Waals surface area contributed by atoms with E-state index < -0.39 is 5.82 Å². The van der Waals surface area contributed by atoms with E-state index >= 15 is 0 Å². The maximum atomic E-state index is 13.4. The van der Waals surface area contributed by atoms with Crippen LogP contribution in [0.3, 0.4) is 0 Å². The number of nitrogens with zero attached hydrogens (tertiary/aromatic N) is 1. The number of carbonyl (C=O) groups excluding carboxylic acids is 2. The van der Waals surface area contributed by atoms with Gasteiger partial charge in [-0.3, -0.25) is 14.5 Å². The summed E-state index contributed by atoms with van der Waals surface area (Å²) >= 11 is 0. The van der Waals surface area contributed by atoms with Crippen molar-refractivity contribution in [2.75, 3.05) is 25.1 Å². The van der Waals surface area contributed by atoms with Gasteiger partial charge in [0.2, 0.25) is 0 Å². The first kappa shape index (κ1) is 22.7.